The minimum atomic E-state index is -0.474. The molecule has 0 aliphatic carbocycles. The molecule has 0 aromatic carbocycles. The van der Waals surface area contributed by atoms with Gasteiger partial charge in [0.15, 0.2) is 0 Å². The summed E-state index contributed by atoms with van der Waals surface area (Å²) in [5, 5.41) is 3.99. The van der Waals surface area contributed by atoms with E-state index in [-0.39, 0.29) is 0 Å². The minimum absolute atomic E-state index is 0.431. The Hall–Kier alpha value is -1.27. The van der Waals surface area contributed by atoms with E-state index in [1.807, 2.05) is 39.8 Å². The Balaban J connectivity index is 2.43. The van der Waals surface area contributed by atoms with Crippen LogP contribution in [0.15, 0.2) is 27.3 Å². The van der Waals surface area contributed by atoms with Crippen molar-refractivity contribution in [3.8, 4) is 11.5 Å². The van der Waals surface area contributed by atoms with E-state index in [0.29, 0.717) is 17.4 Å². The third-order valence-electron chi connectivity index (χ3n) is 3.54. The molecule has 6 heteroatoms. The normalized spacial score (nSPS) is 12.7. The first-order valence-electron chi connectivity index (χ1n) is 5.97. The lowest BCUT2D eigenvalue weighted by atomic mass is 9.75. The fourth-order valence-corrected chi connectivity index (χ4v) is 1.83. The van der Waals surface area contributed by atoms with Crippen LogP contribution in [-0.2, 0) is 5.41 Å². The van der Waals surface area contributed by atoms with Crippen molar-refractivity contribution in [2.75, 3.05) is 0 Å². The van der Waals surface area contributed by atoms with E-state index in [1.54, 1.807) is 6.20 Å². The van der Waals surface area contributed by atoms with Crippen molar-refractivity contribution in [2.45, 2.75) is 38.6 Å². The molecule has 0 fully saturated rings. The summed E-state index contributed by atoms with van der Waals surface area (Å²) in [5.41, 5.74) is 5.92. The van der Waals surface area contributed by atoms with Gasteiger partial charge >= 0.3 is 0 Å². The van der Waals surface area contributed by atoms with Gasteiger partial charge in [-0.05, 0) is 55.8 Å². The Morgan fingerprint density at radius 3 is 2.53 bits per heavy atom. The Bertz CT molecular complexity index is 586. The zero-order chi connectivity index (χ0) is 14.3. The number of halogens is 1. The van der Waals surface area contributed by atoms with Crippen LogP contribution in [0.4, 0.5) is 0 Å². The van der Waals surface area contributed by atoms with Gasteiger partial charge in [-0.1, -0.05) is 5.16 Å². The van der Waals surface area contributed by atoms with Crippen molar-refractivity contribution in [3.63, 3.8) is 0 Å². The molecule has 2 heterocycles. The van der Waals surface area contributed by atoms with Crippen LogP contribution in [0.1, 0.15) is 33.6 Å². The molecule has 19 heavy (non-hydrogen) atoms. The molecule has 0 unspecified atom stereocenters. The molecule has 0 bridgehead atoms. The molecule has 0 aliphatic heterocycles. The standard InChI is InChI=1S/C13H17BrN4O/c1-12(2,13(3,4)15)11-17-10(18-19-11)9-8(14)6-5-7-16-9/h5-7H,15H2,1-4H3. The molecule has 5 nitrogen and oxygen atoms in total. The van der Waals surface area contributed by atoms with Gasteiger partial charge in [0.05, 0.1) is 5.41 Å². The summed E-state index contributed by atoms with van der Waals surface area (Å²) >= 11 is 3.42. The second kappa shape index (κ2) is 4.68. The van der Waals surface area contributed by atoms with E-state index >= 15 is 0 Å². The molecule has 0 aliphatic rings. The summed E-state index contributed by atoms with van der Waals surface area (Å²) in [6.45, 7) is 7.84. The van der Waals surface area contributed by atoms with Crippen LogP contribution < -0.4 is 5.73 Å². The number of nitrogens with zero attached hydrogens (tertiary/aromatic N) is 3. The van der Waals surface area contributed by atoms with E-state index in [4.69, 9.17) is 10.3 Å². The highest BCUT2D eigenvalue weighted by Gasteiger charge is 2.40. The van der Waals surface area contributed by atoms with Gasteiger partial charge in [-0.3, -0.25) is 4.98 Å². The molecule has 102 valence electrons. The second-order valence-electron chi connectivity index (χ2n) is 5.60. The first-order valence-corrected chi connectivity index (χ1v) is 6.77. The quantitative estimate of drug-likeness (QED) is 0.939. The summed E-state index contributed by atoms with van der Waals surface area (Å²) in [7, 11) is 0. The third-order valence-corrected chi connectivity index (χ3v) is 4.18. The molecule has 2 N–H and O–H groups in total. The highest BCUT2D eigenvalue weighted by atomic mass is 79.9. The summed E-state index contributed by atoms with van der Waals surface area (Å²) in [6.07, 6.45) is 1.69. The Morgan fingerprint density at radius 1 is 1.26 bits per heavy atom. The molecule has 2 aromatic heterocycles. The minimum Gasteiger partial charge on any atom is -0.338 e. The maximum absolute atomic E-state index is 6.17. The number of aromatic nitrogens is 3. The molecular formula is C13H17BrN4O. The van der Waals surface area contributed by atoms with Crippen molar-refractivity contribution in [3.05, 3.63) is 28.7 Å². The van der Waals surface area contributed by atoms with Crippen LogP contribution in [0, 0.1) is 0 Å². The SMILES string of the molecule is CC(C)(N)C(C)(C)c1nc(-c2ncccc2Br)no1. The van der Waals surface area contributed by atoms with Crippen LogP contribution in [0.25, 0.3) is 11.5 Å². The molecule has 0 atom stereocenters. The van der Waals surface area contributed by atoms with Crippen LogP contribution >= 0.6 is 15.9 Å². The fraction of sp³-hybridized carbons (Fsp3) is 0.462. The van der Waals surface area contributed by atoms with Gasteiger partial charge in [0.2, 0.25) is 11.7 Å². The topological polar surface area (TPSA) is 77.8 Å². The lowest BCUT2D eigenvalue weighted by molar-refractivity contribution is 0.223. The van der Waals surface area contributed by atoms with Crippen molar-refractivity contribution in [1.29, 1.82) is 0 Å². The van der Waals surface area contributed by atoms with Gasteiger partial charge in [0, 0.05) is 16.2 Å². The summed E-state index contributed by atoms with van der Waals surface area (Å²) < 4.78 is 6.19. The number of nitrogens with two attached hydrogens (primary N) is 1. The zero-order valence-electron chi connectivity index (χ0n) is 11.4. The number of hydrogen-bond donors (Lipinski definition) is 1. The number of hydrogen-bond acceptors (Lipinski definition) is 5. The average molecular weight is 325 g/mol. The predicted octanol–water partition coefficient (Wildman–Crippen LogP) is 2.91. The second-order valence-corrected chi connectivity index (χ2v) is 6.46. The number of pyridine rings is 1. The first kappa shape index (κ1) is 14.1. The summed E-state index contributed by atoms with van der Waals surface area (Å²) in [6, 6.07) is 3.72. The average Bonchev–Trinajstić information content (AvgIpc) is 2.77. The maximum Gasteiger partial charge on any atom is 0.234 e. The van der Waals surface area contributed by atoms with Crippen LogP contribution in [0.5, 0.6) is 0 Å². The Kier molecular flexibility index (Phi) is 3.49. The van der Waals surface area contributed by atoms with Gasteiger partial charge < -0.3 is 10.3 Å². The van der Waals surface area contributed by atoms with E-state index in [2.05, 4.69) is 31.1 Å². The Morgan fingerprint density at radius 2 is 1.95 bits per heavy atom. The van der Waals surface area contributed by atoms with Crippen LogP contribution in [-0.4, -0.2) is 20.7 Å². The van der Waals surface area contributed by atoms with Gasteiger partial charge in [-0.25, -0.2) is 0 Å². The van der Waals surface area contributed by atoms with Gasteiger partial charge in [-0.2, -0.15) is 4.98 Å². The van der Waals surface area contributed by atoms with Gasteiger partial charge in [0.25, 0.3) is 0 Å². The monoisotopic (exact) mass is 324 g/mol. The summed E-state index contributed by atoms with van der Waals surface area (Å²) in [4.78, 5) is 8.67. The van der Waals surface area contributed by atoms with Gasteiger partial charge in [-0.15, -0.1) is 0 Å². The van der Waals surface area contributed by atoms with Crippen molar-refractivity contribution in [2.24, 2.45) is 5.73 Å². The molecular weight excluding hydrogens is 308 g/mol. The van der Waals surface area contributed by atoms with Gasteiger partial charge in [0.1, 0.15) is 5.69 Å². The highest BCUT2D eigenvalue weighted by Crippen LogP contribution is 2.33. The van der Waals surface area contributed by atoms with Crippen LogP contribution in [0.2, 0.25) is 0 Å². The zero-order valence-corrected chi connectivity index (χ0v) is 13.0. The first-order chi connectivity index (χ1) is 8.73. The Labute approximate surface area is 120 Å². The molecule has 0 saturated carbocycles. The molecule has 2 rings (SSSR count). The molecule has 0 amide bonds. The predicted molar refractivity (Wildman–Crippen MR) is 76.5 cm³/mol. The van der Waals surface area contributed by atoms with E-state index < -0.39 is 11.0 Å². The third kappa shape index (κ3) is 2.55. The largest absolute Gasteiger partial charge is 0.338 e. The van der Waals surface area contributed by atoms with Crippen molar-refractivity contribution < 1.29 is 4.52 Å². The highest BCUT2D eigenvalue weighted by molar-refractivity contribution is 9.10. The van der Waals surface area contributed by atoms with Crippen molar-refractivity contribution in [1.82, 2.24) is 15.1 Å². The molecule has 0 radical (unpaired) electrons. The van der Waals surface area contributed by atoms with E-state index in [0.717, 1.165) is 4.47 Å². The van der Waals surface area contributed by atoms with E-state index in [9.17, 15) is 0 Å². The van der Waals surface area contributed by atoms with E-state index in [1.165, 1.54) is 0 Å². The molecule has 0 saturated heterocycles. The maximum atomic E-state index is 6.17. The lowest BCUT2D eigenvalue weighted by Crippen LogP contribution is -2.50. The van der Waals surface area contributed by atoms with Crippen molar-refractivity contribution >= 4 is 15.9 Å². The number of rotatable bonds is 3. The summed E-state index contributed by atoms with van der Waals surface area (Å²) in [5.74, 6) is 0.965. The molecule has 0 spiro atoms. The fourth-order valence-electron chi connectivity index (χ4n) is 1.40. The lowest BCUT2D eigenvalue weighted by Gasteiger charge is -2.34. The smallest absolute Gasteiger partial charge is 0.234 e. The van der Waals surface area contributed by atoms with Crippen LogP contribution in [0.3, 0.4) is 0 Å². The molecule has 2 aromatic rings.